The van der Waals surface area contributed by atoms with E-state index >= 15 is 0 Å². The van der Waals surface area contributed by atoms with E-state index in [9.17, 15) is 4.79 Å². The Morgan fingerprint density at radius 3 is 2.87 bits per heavy atom. The van der Waals surface area contributed by atoms with Crippen molar-refractivity contribution in [3.05, 3.63) is 51.5 Å². The summed E-state index contributed by atoms with van der Waals surface area (Å²) >= 11 is 1.59. The van der Waals surface area contributed by atoms with Crippen LogP contribution in [0.15, 0.2) is 29.6 Å². The number of urea groups is 1. The van der Waals surface area contributed by atoms with Crippen molar-refractivity contribution in [2.75, 3.05) is 6.54 Å². The second-order valence-corrected chi connectivity index (χ2v) is 7.27. The van der Waals surface area contributed by atoms with Crippen LogP contribution in [-0.4, -0.2) is 28.5 Å². The molecule has 2 aromatic rings. The monoisotopic (exact) mass is 329 g/mol. The molecule has 0 spiro atoms. The Morgan fingerprint density at radius 1 is 1.39 bits per heavy atom. The predicted molar refractivity (Wildman–Crippen MR) is 93.8 cm³/mol. The lowest BCUT2D eigenvalue weighted by Gasteiger charge is -2.21. The van der Waals surface area contributed by atoms with Gasteiger partial charge in [-0.15, -0.1) is 11.3 Å². The summed E-state index contributed by atoms with van der Waals surface area (Å²) in [5.74, 6) is 0.430. The molecule has 1 fully saturated rings. The van der Waals surface area contributed by atoms with Crippen LogP contribution in [0.2, 0.25) is 0 Å². The molecule has 1 saturated heterocycles. The van der Waals surface area contributed by atoms with E-state index in [1.807, 2.05) is 17.2 Å². The molecule has 2 amide bonds. The zero-order valence-electron chi connectivity index (χ0n) is 13.9. The van der Waals surface area contributed by atoms with Crippen molar-refractivity contribution in [3.63, 3.8) is 0 Å². The van der Waals surface area contributed by atoms with Gasteiger partial charge in [0.05, 0.1) is 6.54 Å². The minimum absolute atomic E-state index is 0.0152. The normalized spacial score (nSPS) is 20.7. The van der Waals surface area contributed by atoms with Gasteiger partial charge in [0.25, 0.3) is 0 Å². The van der Waals surface area contributed by atoms with Crippen molar-refractivity contribution >= 4 is 17.4 Å². The maximum atomic E-state index is 12.5. The number of nitrogens with one attached hydrogen (secondary N) is 1. The van der Waals surface area contributed by atoms with Crippen LogP contribution in [-0.2, 0) is 6.54 Å². The molecule has 5 heteroatoms. The minimum Gasteiger partial charge on any atom is -0.331 e. The fraction of sp³-hybridized carbons (Fsp3) is 0.444. The van der Waals surface area contributed by atoms with E-state index in [1.165, 1.54) is 11.1 Å². The van der Waals surface area contributed by atoms with Crippen molar-refractivity contribution in [2.24, 2.45) is 0 Å². The molecule has 1 N–H and O–H groups in total. The highest BCUT2D eigenvalue weighted by molar-refractivity contribution is 7.09. The first-order chi connectivity index (χ1) is 11.0. The van der Waals surface area contributed by atoms with Gasteiger partial charge < -0.3 is 10.2 Å². The van der Waals surface area contributed by atoms with Gasteiger partial charge in [-0.05, 0) is 38.3 Å². The van der Waals surface area contributed by atoms with Crippen LogP contribution in [0.5, 0.6) is 0 Å². The van der Waals surface area contributed by atoms with Crippen molar-refractivity contribution in [1.29, 1.82) is 0 Å². The molecule has 122 valence electrons. The number of nitrogens with zero attached hydrogens (tertiary/aromatic N) is 2. The Balaban J connectivity index is 1.62. The summed E-state index contributed by atoms with van der Waals surface area (Å²) in [5.41, 5.74) is 3.68. The number of amides is 2. The summed E-state index contributed by atoms with van der Waals surface area (Å²) in [6.07, 6.45) is 1.02. The quantitative estimate of drug-likeness (QED) is 0.929. The van der Waals surface area contributed by atoms with E-state index in [0.717, 1.165) is 23.7 Å². The van der Waals surface area contributed by atoms with Gasteiger partial charge in [-0.1, -0.05) is 24.3 Å². The maximum absolute atomic E-state index is 12.5. The second-order valence-electron chi connectivity index (χ2n) is 6.33. The Hall–Kier alpha value is -1.88. The van der Waals surface area contributed by atoms with E-state index < -0.39 is 0 Å². The number of carbonyl (C=O) groups excluding carboxylic acids is 1. The molecule has 0 bridgehead atoms. The molecule has 0 saturated carbocycles. The van der Waals surface area contributed by atoms with Crippen LogP contribution < -0.4 is 5.32 Å². The minimum atomic E-state index is 0.0152. The molecule has 0 aliphatic carbocycles. The molecule has 1 aromatic carbocycles. The van der Waals surface area contributed by atoms with Crippen LogP contribution >= 0.6 is 11.3 Å². The van der Waals surface area contributed by atoms with E-state index in [4.69, 9.17) is 0 Å². The van der Waals surface area contributed by atoms with E-state index in [1.54, 1.807) is 11.3 Å². The number of hydrogen-bond donors (Lipinski definition) is 1. The number of aromatic nitrogens is 1. The van der Waals surface area contributed by atoms with Gasteiger partial charge in [0.2, 0.25) is 0 Å². The highest BCUT2D eigenvalue weighted by Gasteiger charge is 2.33. The topological polar surface area (TPSA) is 45.2 Å². The molecule has 1 aliphatic heterocycles. The van der Waals surface area contributed by atoms with Gasteiger partial charge in [0.1, 0.15) is 5.01 Å². The van der Waals surface area contributed by atoms with Gasteiger partial charge in [-0.25, -0.2) is 9.78 Å². The van der Waals surface area contributed by atoms with Crippen LogP contribution in [0.4, 0.5) is 4.79 Å². The summed E-state index contributed by atoms with van der Waals surface area (Å²) in [4.78, 5) is 18.8. The first kappa shape index (κ1) is 16.0. The zero-order valence-corrected chi connectivity index (χ0v) is 14.7. The summed E-state index contributed by atoms with van der Waals surface area (Å²) in [6.45, 7) is 7.54. The Labute approximate surface area is 141 Å². The summed E-state index contributed by atoms with van der Waals surface area (Å²) in [6, 6.07) is 8.76. The predicted octanol–water partition coefficient (Wildman–Crippen LogP) is 3.85. The lowest BCUT2D eigenvalue weighted by Crippen LogP contribution is -2.41. The molecular formula is C18H23N3OS. The molecule has 0 radical (unpaired) electrons. The molecule has 2 unspecified atom stereocenters. The Bertz CT molecular complexity index is 697. The van der Waals surface area contributed by atoms with Crippen molar-refractivity contribution < 1.29 is 4.79 Å². The third-order valence-electron chi connectivity index (χ3n) is 4.52. The highest BCUT2D eigenvalue weighted by Crippen LogP contribution is 2.33. The van der Waals surface area contributed by atoms with E-state index in [2.05, 4.69) is 48.4 Å². The number of rotatable bonds is 3. The fourth-order valence-electron chi connectivity index (χ4n) is 3.32. The standard InChI is InChI=1S/C18H23N3OS/c1-12-6-4-5-7-16(12)15-8-14(3)21(10-15)18(22)19-9-17-20-13(2)11-23-17/h4-7,11,14-15H,8-10H2,1-3H3,(H,19,22). The average Bonchev–Trinajstić information content (AvgIpc) is 3.11. The van der Waals surface area contributed by atoms with Gasteiger partial charge in [0.15, 0.2) is 0 Å². The fourth-order valence-corrected chi connectivity index (χ4v) is 4.03. The summed E-state index contributed by atoms with van der Waals surface area (Å²) in [5, 5.41) is 5.97. The SMILES string of the molecule is Cc1csc(CNC(=O)N2CC(c3ccccc3C)CC2C)n1. The lowest BCUT2D eigenvalue weighted by molar-refractivity contribution is 0.195. The van der Waals surface area contributed by atoms with Crippen LogP contribution in [0.25, 0.3) is 0 Å². The van der Waals surface area contributed by atoms with Gasteiger partial charge in [-0.2, -0.15) is 0 Å². The van der Waals surface area contributed by atoms with Crippen molar-refractivity contribution in [1.82, 2.24) is 15.2 Å². The number of aryl methyl sites for hydroxylation is 2. The zero-order chi connectivity index (χ0) is 16.4. The Kier molecular flexibility index (Phi) is 4.66. The van der Waals surface area contributed by atoms with Gasteiger partial charge in [0, 0.05) is 29.6 Å². The van der Waals surface area contributed by atoms with Gasteiger partial charge >= 0.3 is 6.03 Å². The molecule has 2 heterocycles. The first-order valence-corrected chi connectivity index (χ1v) is 8.93. The molecule has 1 aromatic heterocycles. The molecule has 2 atom stereocenters. The smallest absolute Gasteiger partial charge is 0.318 e. The number of likely N-dealkylation sites (tertiary alicyclic amines) is 1. The first-order valence-electron chi connectivity index (χ1n) is 8.05. The number of hydrogen-bond acceptors (Lipinski definition) is 3. The molecule has 3 rings (SSSR count). The maximum Gasteiger partial charge on any atom is 0.318 e. The largest absolute Gasteiger partial charge is 0.331 e. The third-order valence-corrected chi connectivity index (χ3v) is 5.49. The van der Waals surface area contributed by atoms with Crippen molar-refractivity contribution in [2.45, 2.75) is 45.7 Å². The molecule has 23 heavy (non-hydrogen) atoms. The van der Waals surface area contributed by atoms with E-state index in [0.29, 0.717) is 12.5 Å². The summed E-state index contributed by atoms with van der Waals surface area (Å²) < 4.78 is 0. The average molecular weight is 329 g/mol. The highest BCUT2D eigenvalue weighted by atomic mass is 32.1. The lowest BCUT2D eigenvalue weighted by atomic mass is 9.93. The third kappa shape index (κ3) is 3.55. The number of thiazole rings is 1. The van der Waals surface area contributed by atoms with Crippen LogP contribution in [0.3, 0.4) is 0 Å². The number of carbonyl (C=O) groups is 1. The van der Waals surface area contributed by atoms with Gasteiger partial charge in [-0.3, -0.25) is 0 Å². The summed E-state index contributed by atoms with van der Waals surface area (Å²) in [7, 11) is 0. The molecule has 4 nitrogen and oxygen atoms in total. The van der Waals surface area contributed by atoms with Crippen LogP contribution in [0, 0.1) is 13.8 Å². The van der Waals surface area contributed by atoms with Crippen LogP contribution in [0.1, 0.15) is 41.1 Å². The number of benzene rings is 1. The van der Waals surface area contributed by atoms with E-state index in [-0.39, 0.29) is 12.1 Å². The second kappa shape index (κ2) is 6.71. The molecular weight excluding hydrogens is 306 g/mol. The molecule has 1 aliphatic rings. The Morgan fingerprint density at radius 2 is 2.17 bits per heavy atom. The van der Waals surface area contributed by atoms with Crippen molar-refractivity contribution in [3.8, 4) is 0 Å².